The summed E-state index contributed by atoms with van der Waals surface area (Å²) in [4.78, 5) is 22.3. The summed E-state index contributed by atoms with van der Waals surface area (Å²) >= 11 is 3.24. The molecule has 29 heavy (non-hydrogen) atoms. The molecule has 1 amide bonds. The van der Waals surface area contributed by atoms with Gasteiger partial charge in [0.1, 0.15) is 5.82 Å². The van der Waals surface area contributed by atoms with Crippen LogP contribution in [0.15, 0.2) is 51.5 Å². The summed E-state index contributed by atoms with van der Waals surface area (Å²) in [5.74, 6) is -2.15. The van der Waals surface area contributed by atoms with Gasteiger partial charge < -0.3 is 14.6 Å². The van der Waals surface area contributed by atoms with Crippen LogP contribution in [0, 0.1) is 0 Å². The number of aromatic nitrogens is 2. The molecule has 10 heteroatoms. The molecule has 2 heterocycles. The number of pyridine rings is 1. The van der Waals surface area contributed by atoms with Crippen molar-refractivity contribution < 1.29 is 22.4 Å². The topological polar surface area (TPSA) is 71.3 Å². The van der Waals surface area contributed by atoms with E-state index < -0.39 is 23.5 Å². The van der Waals surface area contributed by atoms with Crippen molar-refractivity contribution in [3.63, 3.8) is 0 Å². The number of halogens is 4. The molecule has 0 fully saturated rings. The van der Waals surface area contributed by atoms with Crippen molar-refractivity contribution in [1.82, 2.24) is 9.97 Å². The van der Waals surface area contributed by atoms with Crippen molar-refractivity contribution in [1.29, 1.82) is 0 Å². The summed E-state index contributed by atoms with van der Waals surface area (Å²) in [6, 6.07) is 9.69. The number of benzene rings is 1. The Morgan fingerprint density at radius 2 is 1.97 bits per heavy atom. The molecular weight excluding hydrogens is 453 g/mol. The predicted octanol–water partition coefficient (Wildman–Crippen LogP) is 5.23. The first-order chi connectivity index (χ1) is 13.7. The number of hydrogen-bond donors (Lipinski definition) is 1. The summed E-state index contributed by atoms with van der Waals surface area (Å²) in [5, 5.41) is 2.38. The quantitative estimate of drug-likeness (QED) is 0.555. The number of oxazole rings is 1. The van der Waals surface area contributed by atoms with Gasteiger partial charge in [0.25, 0.3) is 5.91 Å². The van der Waals surface area contributed by atoms with E-state index in [-0.39, 0.29) is 11.6 Å². The van der Waals surface area contributed by atoms with E-state index in [1.807, 2.05) is 18.9 Å². The lowest BCUT2D eigenvalue weighted by Gasteiger charge is -2.15. The van der Waals surface area contributed by atoms with Gasteiger partial charge in [-0.05, 0) is 47.1 Å². The molecule has 152 valence electrons. The van der Waals surface area contributed by atoms with Crippen LogP contribution in [0.3, 0.4) is 0 Å². The van der Waals surface area contributed by atoms with E-state index in [0.717, 1.165) is 6.54 Å². The first kappa shape index (κ1) is 20.8. The molecule has 0 aliphatic heterocycles. The Balaban J connectivity index is 1.92. The number of nitrogens with zero attached hydrogens (tertiary/aromatic N) is 3. The van der Waals surface area contributed by atoms with Gasteiger partial charge in [-0.1, -0.05) is 12.1 Å². The van der Waals surface area contributed by atoms with E-state index in [9.17, 15) is 18.0 Å². The molecule has 2 aromatic heterocycles. The molecule has 0 saturated carbocycles. The predicted molar refractivity (Wildman–Crippen MR) is 106 cm³/mol. The fraction of sp³-hybridized carbons (Fsp3) is 0.211. The molecule has 1 aromatic carbocycles. The van der Waals surface area contributed by atoms with Gasteiger partial charge in [-0.25, -0.2) is 9.97 Å². The van der Waals surface area contributed by atoms with Crippen LogP contribution >= 0.6 is 15.9 Å². The molecular formula is C19H16BrF3N4O2. The minimum Gasteiger partial charge on any atom is -0.431 e. The maximum atomic E-state index is 13.4. The molecule has 0 aliphatic rings. The van der Waals surface area contributed by atoms with Gasteiger partial charge in [0, 0.05) is 18.1 Å². The van der Waals surface area contributed by atoms with Gasteiger partial charge in [-0.2, -0.15) is 13.2 Å². The molecule has 1 N–H and O–H groups in total. The molecule has 0 saturated heterocycles. The number of hydrogen-bond acceptors (Lipinski definition) is 5. The van der Waals surface area contributed by atoms with Crippen LogP contribution in [0.4, 0.5) is 24.7 Å². The van der Waals surface area contributed by atoms with E-state index in [0.29, 0.717) is 15.9 Å². The summed E-state index contributed by atoms with van der Waals surface area (Å²) in [6.45, 7) is 2.67. The zero-order valence-electron chi connectivity index (χ0n) is 15.4. The van der Waals surface area contributed by atoms with E-state index in [1.54, 1.807) is 30.3 Å². The van der Waals surface area contributed by atoms with E-state index in [1.165, 1.54) is 12.3 Å². The van der Waals surface area contributed by atoms with Crippen molar-refractivity contribution in [2.24, 2.45) is 0 Å². The Morgan fingerprint density at radius 3 is 2.55 bits per heavy atom. The van der Waals surface area contributed by atoms with Crippen LogP contribution in [0.2, 0.25) is 0 Å². The van der Waals surface area contributed by atoms with Crippen LogP contribution in [0.5, 0.6) is 0 Å². The second-order valence-electron chi connectivity index (χ2n) is 6.05. The normalized spacial score (nSPS) is 11.4. The summed E-state index contributed by atoms with van der Waals surface area (Å²) in [6.07, 6.45) is -3.52. The zero-order valence-corrected chi connectivity index (χ0v) is 17.0. The molecule has 3 aromatic rings. The van der Waals surface area contributed by atoms with Crippen molar-refractivity contribution in [3.8, 4) is 11.5 Å². The molecule has 0 radical (unpaired) electrons. The molecule has 0 unspecified atom stereocenters. The summed E-state index contributed by atoms with van der Waals surface area (Å²) < 4.78 is 45.7. The van der Waals surface area contributed by atoms with Crippen molar-refractivity contribution in [2.75, 3.05) is 23.8 Å². The maximum absolute atomic E-state index is 13.4. The zero-order chi connectivity index (χ0) is 21.2. The molecule has 3 rings (SSSR count). The smallest absolute Gasteiger partial charge is 0.431 e. The SMILES string of the molecule is CCN(C)c1ccc(NC(=O)c2nc(-c3ccccc3Br)oc2C(F)(F)F)cn1. The number of rotatable bonds is 5. The average Bonchev–Trinajstić information content (AvgIpc) is 3.14. The maximum Gasteiger partial charge on any atom is 0.452 e. The Morgan fingerprint density at radius 1 is 1.24 bits per heavy atom. The highest BCUT2D eigenvalue weighted by molar-refractivity contribution is 9.10. The lowest BCUT2D eigenvalue weighted by atomic mass is 10.2. The number of anilines is 2. The number of nitrogens with one attached hydrogen (secondary N) is 1. The van der Waals surface area contributed by atoms with Crippen molar-refractivity contribution in [2.45, 2.75) is 13.1 Å². The van der Waals surface area contributed by atoms with Gasteiger partial charge in [-0.15, -0.1) is 0 Å². The Labute approximate surface area is 172 Å². The average molecular weight is 469 g/mol. The fourth-order valence-corrected chi connectivity index (χ4v) is 2.91. The van der Waals surface area contributed by atoms with Gasteiger partial charge in [-0.3, -0.25) is 4.79 Å². The lowest BCUT2D eigenvalue weighted by molar-refractivity contribution is -0.153. The molecule has 0 bridgehead atoms. The fourth-order valence-electron chi connectivity index (χ4n) is 2.45. The number of carbonyl (C=O) groups excluding carboxylic acids is 1. The monoisotopic (exact) mass is 468 g/mol. The summed E-state index contributed by atoms with van der Waals surface area (Å²) in [5.41, 5.74) is -0.314. The third-order valence-corrected chi connectivity index (χ3v) is 4.77. The molecule has 6 nitrogen and oxygen atoms in total. The van der Waals surface area contributed by atoms with Crippen molar-refractivity contribution >= 4 is 33.3 Å². The Hall–Kier alpha value is -2.88. The minimum atomic E-state index is -4.88. The lowest BCUT2D eigenvalue weighted by Crippen LogP contribution is -2.19. The second kappa shape index (κ2) is 8.24. The van der Waals surface area contributed by atoms with Crippen molar-refractivity contribution in [3.05, 3.63) is 58.5 Å². The minimum absolute atomic E-state index is 0.238. The van der Waals surface area contributed by atoms with E-state index >= 15 is 0 Å². The summed E-state index contributed by atoms with van der Waals surface area (Å²) in [7, 11) is 1.84. The van der Waals surface area contributed by atoms with Gasteiger partial charge in [0.2, 0.25) is 11.7 Å². The second-order valence-corrected chi connectivity index (χ2v) is 6.90. The van der Waals surface area contributed by atoms with Gasteiger partial charge >= 0.3 is 6.18 Å². The molecule has 0 atom stereocenters. The number of carbonyl (C=O) groups is 1. The highest BCUT2D eigenvalue weighted by atomic mass is 79.9. The molecule has 0 spiro atoms. The van der Waals surface area contributed by atoms with E-state index in [2.05, 4.69) is 31.2 Å². The standard InChI is InChI=1S/C19H16BrF3N4O2/c1-3-27(2)14-9-8-11(10-24-14)25-17(28)15-16(19(21,22)23)29-18(26-15)12-6-4-5-7-13(12)20/h4-10H,3H2,1-2H3,(H,25,28). The molecule has 0 aliphatic carbocycles. The highest BCUT2D eigenvalue weighted by Crippen LogP contribution is 2.37. The first-order valence-electron chi connectivity index (χ1n) is 8.52. The Bertz CT molecular complexity index is 1020. The third-order valence-electron chi connectivity index (χ3n) is 4.08. The van der Waals surface area contributed by atoms with Crippen LogP contribution in [-0.2, 0) is 6.18 Å². The largest absolute Gasteiger partial charge is 0.452 e. The third kappa shape index (κ3) is 4.58. The van der Waals surface area contributed by atoms with Gasteiger partial charge in [0.05, 0.1) is 17.4 Å². The number of amides is 1. The van der Waals surface area contributed by atoms with Crippen LogP contribution in [0.25, 0.3) is 11.5 Å². The number of alkyl halides is 3. The Kier molecular flexibility index (Phi) is 5.92. The van der Waals surface area contributed by atoms with Gasteiger partial charge in [0.15, 0.2) is 5.69 Å². The van der Waals surface area contributed by atoms with E-state index in [4.69, 9.17) is 4.42 Å². The van der Waals surface area contributed by atoms with Crippen LogP contribution < -0.4 is 10.2 Å². The van der Waals surface area contributed by atoms with Crippen LogP contribution in [0.1, 0.15) is 23.2 Å². The highest BCUT2D eigenvalue weighted by Gasteiger charge is 2.42. The van der Waals surface area contributed by atoms with Crippen LogP contribution in [-0.4, -0.2) is 29.5 Å². The first-order valence-corrected chi connectivity index (χ1v) is 9.31.